The highest BCUT2D eigenvalue weighted by Gasteiger charge is 2.00. The maximum absolute atomic E-state index is 5.26. The van der Waals surface area contributed by atoms with Gasteiger partial charge in [0, 0.05) is 5.69 Å². The molecule has 1 atom stereocenters. The highest BCUT2D eigenvalue weighted by atomic mass is 35.5. The van der Waals surface area contributed by atoms with Gasteiger partial charge in [-0.2, -0.15) is 0 Å². The van der Waals surface area contributed by atoms with Crippen molar-refractivity contribution in [2.75, 3.05) is 5.43 Å². The Morgan fingerprint density at radius 2 is 1.85 bits per heavy atom. The van der Waals surface area contributed by atoms with Gasteiger partial charge in [-0.25, -0.2) is 0 Å². The van der Waals surface area contributed by atoms with E-state index in [2.05, 4.69) is 31.4 Å². The van der Waals surface area contributed by atoms with E-state index in [1.807, 2.05) is 12.1 Å². The molecule has 13 heavy (non-hydrogen) atoms. The van der Waals surface area contributed by atoms with Gasteiger partial charge in [0.15, 0.2) is 0 Å². The lowest BCUT2D eigenvalue weighted by Crippen LogP contribution is -2.06. The van der Waals surface area contributed by atoms with Crippen molar-refractivity contribution in [3.05, 3.63) is 29.8 Å². The van der Waals surface area contributed by atoms with Crippen LogP contribution in [0.15, 0.2) is 24.3 Å². The Morgan fingerprint density at radius 3 is 2.23 bits per heavy atom. The van der Waals surface area contributed by atoms with Gasteiger partial charge in [0.25, 0.3) is 0 Å². The number of nitrogens with one attached hydrogen (secondary N) is 1. The van der Waals surface area contributed by atoms with Crippen LogP contribution >= 0.6 is 12.4 Å². The Bertz CT molecular complexity index is 233. The molecule has 0 saturated heterocycles. The van der Waals surface area contributed by atoms with Crippen LogP contribution in [0, 0.1) is 0 Å². The maximum Gasteiger partial charge on any atom is 0.0485 e. The molecule has 1 aromatic rings. The Morgan fingerprint density at radius 1 is 1.31 bits per heavy atom. The summed E-state index contributed by atoms with van der Waals surface area (Å²) in [6, 6.07) is 8.23. The molecule has 2 nitrogen and oxygen atoms in total. The van der Waals surface area contributed by atoms with Crippen LogP contribution in [0.2, 0.25) is 0 Å². The first-order valence-electron chi connectivity index (χ1n) is 4.34. The van der Waals surface area contributed by atoms with E-state index in [9.17, 15) is 0 Å². The van der Waals surface area contributed by atoms with Gasteiger partial charge in [-0.3, -0.25) is 5.84 Å². The van der Waals surface area contributed by atoms with Gasteiger partial charge in [-0.15, -0.1) is 12.4 Å². The van der Waals surface area contributed by atoms with Gasteiger partial charge in [-0.1, -0.05) is 26.0 Å². The molecule has 74 valence electrons. The number of nitrogen functional groups attached to an aromatic ring is 1. The summed E-state index contributed by atoms with van der Waals surface area (Å²) in [5.41, 5.74) is 4.94. The van der Waals surface area contributed by atoms with Crippen molar-refractivity contribution in [2.24, 2.45) is 5.84 Å². The third-order valence-electron chi connectivity index (χ3n) is 2.26. The number of hydrogen-bond donors (Lipinski definition) is 2. The van der Waals surface area contributed by atoms with Gasteiger partial charge in [0.1, 0.15) is 0 Å². The molecule has 3 N–H and O–H groups in total. The number of benzene rings is 1. The monoisotopic (exact) mass is 200 g/mol. The van der Waals surface area contributed by atoms with Crippen molar-refractivity contribution in [3.8, 4) is 0 Å². The molecule has 0 spiro atoms. The Balaban J connectivity index is 0.00000144. The molecule has 1 aromatic carbocycles. The zero-order chi connectivity index (χ0) is 8.97. The normalized spacial score (nSPS) is 11.6. The van der Waals surface area contributed by atoms with Crippen molar-refractivity contribution in [2.45, 2.75) is 26.2 Å². The summed E-state index contributed by atoms with van der Waals surface area (Å²) >= 11 is 0. The SMILES string of the molecule is CCC(C)c1ccc(NN)cc1.Cl. The van der Waals surface area contributed by atoms with Gasteiger partial charge >= 0.3 is 0 Å². The second-order valence-corrected chi connectivity index (χ2v) is 3.08. The second-order valence-electron chi connectivity index (χ2n) is 3.08. The summed E-state index contributed by atoms with van der Waals surface area (Å²) in [7, 11) is 0. The third kappa shape index (κ3) is 3.25. The molecular formula is C10H17ClN2. The minimum atomic E-state index is 0. The zero-order valence-electron chi connectivity index (χ0n) is 8.08. The van der Waals surface area contributed by atoms with Crippen LogP contribution in [0.1, 0.15) is 31.7 Å². The Labute approximate surface area is 85.9 Å². The summed E-state index contributed by atoms with van der Waals surface area (Å²) in [6.45, 7) is 4.42. The summed E-state index contributed by atoms with van der Waals surface area (Å²) in [6.07, 6.45) is 1.18. The molecule has 0 fully saturated rings. The van der Waals surface area contributed by atoms with Gasteiger partial charge in [0.2, 0.25) is 0 Å². The van der Waals surface area contributed by atoms with Gasteiger partial charge in [-0.05, 0) is 30.0 Å². The number of anilines is 1. The van der Waals surface area contributed by atoms with Crippen molar-refractivity contribution >= 4 is 18.1 Å². The predicted molar refractivity (Wildman–Crippen MR) is 60.2 cm³/mol. The van der Waals surface area contributed by atoms with E-state index < -0.39 is 0 Å². The topological polar surface area (TPSA) is 38.0 Å². The smallest absolute Gasteiger partial charge is 0.0485 e. The van der Waals surface area contributed by atoms with Crippen molar-refractivity contribution < 1.29 is 0 Å². The average Bonchev–Trinajstić information content (AvgIpc) is 2.17. The molecule has 0 aliphatic rings. The predicted octanol–water partition coefficient (Wildman–Crippen LogP) is 2.91. The molecule has 0 aliphatic heterocycles. The van der Waals surface area contributed by atoms with E-state index in [4.69, 9.17) is 5.84 Å². The molecule has 1 unspecified atom stereocenters. The molecule has 3 heteroatoms. The van der Waals surface area contributed by atoms with Gasteiger partial charge in [0.05, 0.1) is 0 Å². The van der Waals surface area contributed by atoms with Crippen molar-refractivity contribution in [3.63, 3.8) is 0 Å². The van der Waals surface area contributed by atoms with Crippen LogP contribution in [-0.4, -0.2) is 0 Å². The van der Waals surface area contributed by atoms with Crippen LogP contribution < -0.4 is 11.3 Å². The minimum Gasteiger partial charge on any atom is -0.324 e. The van der Waals surface area contributed by atoms with E-state index in [1.54, 1.807) is 0 Å². The summed E-state index contributed by atoms with van der Waals surface area (Å²) in [5, 5.41) is 0. The van der Waals surface area contributed by atoms with Crippen LogP contribution in [0.4, 0.5) is 5.69 Å². The fourth-order valence-corrected chi connectivity index (χ4v) is 1.14. The lowest BCUT2D eigenvalue weighted by atomic mass is 9.99. The molecule has 0 saturated carbocycles. The summed E-state index contributed by atoms with van der Waals surface area (Å²) in [5.74, 6) is 5.89. The largest absolute Gasteiger partial charge is 0.324 e. The molecule has 0 heterocycles. The van der Waals surface area contributed by atoms with Crippen LogP contribution in [0.25, 0.3) is 0 Å². The quantitative estimate of drug-likeness (QED) is 0.582. The maximum atomic E-state index is 5.26. The van der Waals surface area contributed by atoms with Crippen LogP contribution in [0.3, 0.4) is 0 Å². The van der Waals surface area contributed by atoms with Crippen LogP contribution in [-0.2, 0) is 0 Å². The first-order chi connectivity index (χ1) is 5.77. The zero-order valence-corrected chi connectivity index (χ0v) is 8.90. The van der Waals surface area contributed by atoms with E-state index in [1.165, 1.54) is 12.0 Å². The molecule has 0 aromatic heterocycles. The molecular weight excluding hydrogens is 184 g/mol. The van der Waals surface area contributed by atoms with Crippen LogP contribution in [0.5, 0.6) is 0 Å². The highest BCUT2D eigenvalue weighted by Crippen LogP contribution is 2.19. The van der Waals surface area contributed by atoms with E-state index >= 15 is 0 Å². The fourth-order valence-electron chi connectivity index (χ4n) is 1.14. The fraction of sp³-hybridized carbons (Fsp3) is 0.400. The van der Waals surface area contributed by atoms with E-state index in [-0.39, 0.29) is 12.4 Å². The molecule has 0 radical (unpaired) electrons. The number of rotatable bonds is 3. The Kier molecular flexibility index (Phi) is 5.51. The first kappa shape index (κ1) is 12.3. The number of nitrogens with two attached hydrogens (primary N) is 1. The number of halogens is 1. The second kappa shape index (κ2) is 5.84. The summed E-state index contributed by atoms with van der Waals surface area (Å²) in [4.78, 5) is 0. The Hall–Kier alpha value is -0.730. The van der Waals surface area contributed by atoms with E-state index in [0.717, 1.165) is 5.69 Å². The average molecular weight is 201 g/mol. The standard InChI is InChI=1S/C10H16N2.ClH/c1-3-8(2)9-4-6-10(12-11)7-5-9;/h4-8,12H,3,11H2,1-2H3;1H. The molecule has 0 bridgehead atoms. The summed E-state index contributed by atoms with van der Waals surface area (Å²) < 4.78 is 0. The van der Waals surface area contributed by atoms with Gasteiger partial charge < -0.3 is 5.43 Å². The molecule has 0 amide bonds. The highest BCUT2D eigenvalue weighted by molar-refractivity contribution is 5.85. The van der Waals surface area contributed by atoms with Crippen molar-refractivity contribution in [1.82, 2.24) is 0 Å². The lowest BCUT2D eigenvalue weighted by Gasteiger charge is -2.09. The number of hydrogen-bond acceptors (Lipinski definition) is 2. The first-order valence-corrected chi connectivity index (χ1v) is 4.34. The molecule has 0 aliphatic carbocycles. The minimum absolute atomic E-state index is 0. The third-order valence-corrected chi connectivity index (χ3v) is 2.26. The van der Waals surface area contributed by atoms with Crippen molar-refractivity contribution in [1.29, 1.82) is 0 Å². The molecule has 1 rings (SSSR count). The number of hydrazine groups is 1. The lowest BCUT2D eigenvalue weighted by molar-refractivity contribution is 0.734. The van der Waals surface area contributed by atoms with E-state index in [0.29, 0.717) is 5.92 Å².